The van der Waals surface area contributed by atoms with Crippen molar-refractivity contribution < 1.29 is 86.6 Å². The molecule has 7 N–H and O–H groups in total. The molecule has 5 amide bonds. The Balaban J connectivity index is 2.01. The molecule has 0 heterocycles. The number of unbranched alkanes of at least 4 members (excludes halogenated alkanes) is 3. The third-order valence-electron chi connectivity index (χ3n) is 13.2. The minimum absolute atomic E-state index is 0.0310. The summed E-state index contributed by atoms with van der Waals surface area (Å²) in [6.07, 6.45) is 3.75. The maximum Gasteiger partial charge on any atom is 0.329 e. The summed E-state index contributed by atoms with van der Waals surface area (Å²) in [5.41, 5.74) is -2.34. The van der Waals surface area contributed by atoms with Gasteiger partial charge in [-0.15, -0.1) is 0 Å². The van der Waals surface area contributed by atoms with Crippen molar-refractivity contribution in [1.82, 2.24) is 36.4 Å². The average molecular weight is 1340 g/mol. The van der Waals surface area contributed by atoms with E-state index in [1.807, 2.05) is 0 Å². The number of urea groups is 1. The molecule has 0 spiro atoms. The Labute approximate surface area is 563 Å². The maximum absolute atomic E-state index is 13.4. The van der Waals surface area contributed by atoms with Gasteiger partial charge >= 0.3 is 41.8 Å². The molecule has 0 aliphatic rings. The highest BCUT2D eigenvalue weighted by molar-refractivity contribution is 5.88. The molecule has 0 radical (unpaired) electrons. The highest BCUT2D eigenvalue weighted by atomic mass is 16.6. The van der Waals surface area contributed by atoms with Crippen molar-refractivity contribution in [3.63, 3.8) is 0 Å². The zero-order valence-corrected chi connectivity index (χ0v) is 60.0. The van der Waals surface area contributed by atoms with Gasteiger partial charge in [0, 0.05) is 76.1 Å². The minimum Gasteiger partial charge on any atom is -0.508 e. The number of nitrogens with one attached hydrogen (secondary N) is 5. The smallest absolute Gasteiger partial charge is 0.329 e. The first-order valence-corrected chi connectivity index (χ1v) is 33.0. The monoisotopic (exact) mass is 1340 g/mol. The predicted molar refractivity (Wildman–Crippen MR) is 358 cm³/mol. The first-order valence-electron chi connectivity index (χ1n) is 33.0. The molecule has 95 heavy (non-hydrogen) atoms. The largest absolute Gasteiger partial charge is 0.508 e. The molecule has 0 saturated heterocycles. The van der Waals surface area contributed by atoms with Gasteiger partial charge in [0.15, 0.2) is 0 Å². The molecule has 2 aromatic rings. The molecule has 0 bridgehead atoms. The average Bonchev–Trinajstić information content (AvgIpc) is 0.913. The van der Waals surface area contributed by atoms with E-state index in [-0.39, 0.29) is 120 Å². The second-order valence-corrected chi connectivity index (χ2v) is 29.8. The number of ether oxygens (including phenoxy) is 6. The Hall–Kier alpha value is -7.54. The number of phenols is 2. The molecule has 0 aromatic heterocycles. The molecule has 25 heteroatoms. The zero-order valence-electron chi connectivity index (χ0n) is 60.0. The number of hydrogen-bond acceptors (Lipinski definition) is 20. The molecule has 2 aromatic carbocycles. The van der Waals surface area contributed by atoms with Gasteiger partial charge < -0.3 is 65.2 Å². The quantitative estimate of drug-likeness (QED) is 0.0190. The van der Waals surface area contributed by atoms with Crippen molar-refractivity contribution in [2.45, 2.75) is 267 Å². The molecular formula is C70H113N7O18. The zero-order chi connectivity index (χ0) is 72.1. The topological polar surface area (TPSA) is 333 Å². The molecule has 2 rings (SSSR count). The summed E-state index contributed by atoms with van der Waals surface area (Å²) in [6, 6.07) is 6.82. The Bertz CT molecular complexity index is 2850. The molecule has 0 aliphatic carbocycles. The third kappa shape index (κ3) is 41.1. The SMILES string of the molecule is CC(C)(C)OC(=O)CC[C@H](NC(=O)N[C@@H](CCCCNC(=O)CCCCCNC(=O)CCc1ccc(O)c(CN(CCN(CC(=O)OC(C)(C)C)Cc2cc(CCC(=O)NCC(=O)OC(C)(C)C)ccc2O)CC(=O)OC(C)(C)C)c1)C(=O)OC(C)(C)C)C(=O)OC(C)(C)C. The van der Waals surface area contributed by atoms with Crippen molar-refractivity contribution in [3.8, 4) is 11.5 Å². The van der Waals surface area contributed by atoms with Crippen LogP contribution in [0.4, 0.5) is 4.79 Å². The molecule has 0 fully saturated rings. The number of benzene rings is 2. The van der Waals surface area contributed by atoms with E-state index in [9.17, 15) is 58.2 Å². The van der Waals surface area contributed by atoms with Gasteiger partial charge in [-0.05, 0) is 199 Å². The van der Waals surface area contributed by atoms with Gasteiger partial charge in [-0.25, -0.2) is 14.4 Å². The Morgan fingerprint density at radius 2 is 0.779 bits per heavy atom. The van der Waals surface area contributed by atoms with Crippen molar-refractivity contribution in [2.24, 2.45) is 0 Å². The maximum atomic E-state index is 13.4. The van der Waals surface area contributed by atoms with Gasteiger partial charge in [0.05, 0.1) is 13.1 Å². The first kappa shape index (κ1) is 83.5. The van der Waals surface area contributed by atoms with E-state index in [0.29, 0.717) is 62.7 Å². The van der Waals surface area contributed by atoms with Crippen LogP contribution >= 0.6 is 0 Å². The molecule has 25 nitrogen and oxygen atoms in total. The standard InChI is InChI=1S/C70H113N7O18/c1-65(2,3)90-58(83)35-30-52(63(88)95-70(16,17)18)75-64(89)74-51(62(87)94-69(13,14)15)24-21-23-37-71-55(80)25-20-19-22-36-72-56(81)33-28-47-26-31-53(78)49(40-47)43-76(45-60(85)92-67(7,8)9)38-39-77(46-61(86)93-68(10,11)12)44-50-41-48(27-32-54(50)79)29-34-57(82)73-42-59(84)91-66(4,5)6/h26-27,31-32,40-41,51-52,78-79H,19-25,28-30,33-39,42-46H2,1-18H3,(H,71,80)(H,72,81)(H,73,82)(H2,74,75,89)/t51-,52-/m0/s1. The lowest BCUT2D eigenvalue weighted by atomic mass is 10.0. The number of carbonyl (C=O) groups excluding carboxylic acids is 10. The number of esters is 6. The molecule has 536 valence electrons. The summed E-state index contributed by atoms with van der Waals surface area (Å²) in [5.74, 6) is -4.38. The van der Waals surface area contributed by atoms with Gasteiger partial charge in [0.2, 0.25) is 17.7 Å². The van der Waals surface area contributed by atoms with E-state index in [0.717, 1.165) is 11.1 Å². The number of amides is 5. The number of carbonyl (C=O) groups is 10. The highest BCUT2D eigenvalue weighted by Crippen LogP contribution is 2.25. The summed E-state index contributed by atoms with van der Waals surface area (Å²) in [6.45, 7) is 31.6. The Morgan fingerprint density at radius 3 is 1.20 bits per heavy atom. The van der Waals surface area contributed by atoms with E-state index in [2.05, 4.69) is 26.6 Å². The lowest BCUT2D eigenvalue weighted by Gasteiger charge is -2.29. The normalized spacial score (nSPS) is 12.8. The number of phenolic OH excluding ortho intramolecular Hbond substituents is 2. The number of nitrogens with zero attached hydrogens (tertiary/aromatic N) is 2. The van der Waals surface area contributed by atoms with Crippen LogP contribution in [0, 0.1) is 0 Å². The second kappa shape index (κ2) is 38.9. The lowest BCUT2D eigenvalue weighted by molar-refractivity contribution is -0.159. The number of aromatic hydroxyl groups is 2. The molecule has 0 aliphatic heterocycles. The Kier molecular flexibility index (Phi) is 34.2. The molecule has 0 unspecified atom stereocenters. The van der Waals surface area contributed by atoms with Gasteiger partial charge in [-0.1, -0.05) is 30.7 Å². The molecular weight excluding hydrogens is 1230 g/mol. The third-order valence-corrected chi connectivity index (χ3v) is 13.2. The van der Waals surface area contributed by atoms with E-state index < -0.39 is 87.5 Å². The summed E-state index contributed by atoms with van der Waals surface area (Å²) < 4.78 is 33.1. The summed E-state index contributed by atoms with van der Waals surface area (Å²) in [4.78, 5) is 133. The van der Waals surface area contributed by atoms with Gasteiger partial charge in [0.25, 0.3) is 0 Å². The van der Waals surface area contributed by atoms with Crippen LogP contribution in [0.5, 0.6) is 11.5 Å². The highest BCUT2D eigenvalue weighted by Gasteiger charge is 2.32. The van der Waals surface area contributed by atoms with Gasteiger partial charge in [-0.3, -0.25) is 43.4 Å². The van der Waals surface area contributed by atoms with Crippen LogP contribution in [0.15, 0.2) is 36.4 Å². The van der Waals surface area contributed by atoms with Crippen LogP contribution in [-0.2, 0) is 97.5 Å². The lowest BCUT2D eigenvalue weighted by Crippen LogP contribution is -2.53. The van der Waals surface area contributed by atoms with E-state index >= 15 is 0 Å². The van der Waals surface area contributed by atoms with Crippen LogP contribution in [0.2, 0.25) is 0 Å². The van der Waals surface area contributed by atoms with Crippen molar-refractivity contribution in [3.05, 3.63) is 58.7 Å². The fourth-order valence-corrected chi connectivity index (χ4v) is 9.25. The van der Waals surface area contributed by atoms with Crippen LogP contribution in [0.25, 0.3) is 0 Å². The van der Waals surface area contributed by atoms with Crippen LogP contribution in [0.3, 0.4) is 0 Å². The van der Waals surface area contributed by atoms with E-state index in [1.54, 1.807) is 159 Å². The number of aryl methyl sites for hydroxylation is 2. The molecule has 0 saturated carbocycles. The van der Waals surface area contributed by atoms with E-state index in [4.69, 9.17) is 28.4 Å². The van der Waals surface area contributed by atoms with Crippen LogP contribution in [-0.4, -0.2) is 171 Å². The van der Waals surface area contributed by atoms with Crippen molar-refractivity contribution in [2.75, 3.05) is 45.8 Å². The van der Waals surface area contributed by atoms with Crippen LogP contribution in [0.1, 0.15) is 218 Å². The van der Waals surface area contributed by atoms with Crippen LogP contribution < -0.4 is 26.6 Å². The van der Waals surface area contributed by atoms with Crippen molar-refractivity contribution >= 4 is 59.6 Å². The number of rotatable bonds is 37. The second-order valence-electron chi connectivity index (χ2n) is 29.8. The molecule has 2 atom stereocenters. The predicted octanol–water partition coefficient (Wildman–Crippen LogP) is 8.21. The summed E-state index contributed by atoms with van der Waals surface area (Å²) >= 11 is 0. The summed E-state index contributed by atoms with van der Waals surface area (Å²) in [7, 11) is 0. The van der Waals surface area contributed by atoms with Gasteiger partial charge in [0.1, 0.15) is 63.7 Å². The van der Waals surface area contributed by atoms with Gasteiger partial charge in [-0.2, -0.15) is 0 Å². The number of hydrogen-bond donors (Lipinski definition) is 7. The van der Waals surface area contributed by atoms with Crippen molar-refractivity contribution in [1.29, 1.82) is 0 Å². The fraction of sp³-hybridized carbons (Fsp3) is 0.686. The Morgan fingerprint density at radius 1 is 0.411 bits per heavy atom. The summed E-state index contributed by atoms with van der Waals surface area (Å²) in [5, 5.41) is 35.8. The van der Waals surface area contributed by atoms with E-state index in [1.165, 1.54) is 12.1 Å². The minimum atomic E-state index is -1.23. The first-order chi connectivity index (χ1) is 43.7. The fourth-order valence-electron chi connectivity index (χ4n) is 9.25.